The lowest BCUT2D eigenvalue weighted by Crippen LogP contribution is -2.53. The molecule has 2 aromatic heterocycles. The molecule has 2 fully saturated rings. The van der Waals surface area contributed by atoms with Gasteiger partial charge in [0.25, 0.3) is 0 Å². The van der Waals surface area contributed by atoms with Gasteiger partial charge in [0, 0.05) is 25.8 Å². The minimum atomic E-state index is -0.490. The molecular weight excluding hydrogens is 358 g/mol. The number of nitrogens with zero attached hydrogens (tertiary/aromatic N) is 5. The number of fused-ring (bicyclic) bond motifs is 1. The van der Waals surface area contributed by atoms with E-state index in [0.29, 0.717) is 12.4 Å². The second-order valence-electron chi connectivity index (χ2n) is 8.25. The van der Waals surface area contributed by atoms with Gasteiger partial charge in [0.1, 0.15) is 12.2 Å². The second-order valence-corrected chi connectivity index (χ2v) is 8.25. The van der Waals surface area contributed by atoms with Gasteiger partial charge in [-0.3, -0.25) is 24.0 Å². The summed E-state index contributed by atoms with van der Waals surface area (Å²) in [7, 11) is 0. The van der Waals surface area contributed by atoms with Crippen molar-refractivity contribution in [3.8, 4) is 0 Å². The largest absolute Gasteiger partial charge is 0.364 e. The van der Waals surface area contributed by atoms with Crippen molar-refractivity contribution in [3.05, 3.63) is 56.6 Å². The number of hydrogen-bond donors (Lipinski definition) is 0. The highest BCUT2D eigenvalue weighted by atomic mass is 16.5. The molecule has 4 heterocycles. The molecule has 1 saturated heterocycles. The quantitative estimate of drug-likeness (QED) is 0.738. The van der Waals surface area contributed by atoms with Gasteiger partial charge in [-0.2, -0.15) is 5.10 Å². The van der Waals surface area contributed by atoms with Gasteiger partial charge in [0.2, 0.25) is 0 Å². The van der Waals surface area contributed by atoms with Gasteiger partial charge in [0.15, 0.2) is 5.82 Å². The molecule has 1 atom stereocenters. The Morgan fingerprint density at radius 3 is 2.79 bits per heavy atom. The lowest BCUT2D eigenvalue weighted by atomic mass is 10.0. The van der Waals surface area contributed by atoms with Gasteiger partial charge >= 0.3 is 11.1 Å². The molecule has 0 bridgehead atoms. The smallest absolute Gasteiger partial charge is 0.332 e. The fourth-order valence-electron chi connectivity index (χ4n) is 4.80. The summed E-state index contributed by atoms with van der Waals surface area (Å²) in [5.74, 6) is 0.574. The van der Waals surface area contributed by atoms with Gasteiger partial charge in [0.05, 0.1) is 18.3 Å². The predicted octanol–water partition coefficient (Wildman–Crippen LogP) is 1.09. The van der Waals surface area contributed by atoms with Crippen LogP contribution in [-0.4, -0.2) is 42.9 Å². The summed E-state index contributed by atoms with van der Waals surface area (Å²) >= 11 is 0. The number of rotatable bonds is 3. The summed E-state index contributed by atoms with van der Waals surface area (Å²) < 4.78 is 9.21. The molecule has 2 aromatic rings. The van der Waals surface area contributed by atoms with Crippen LogP contribution >= 0.6 is 0 Å². The highest BCUT2D eigenvalue weighted by molar-refractivity contribution is 5.06. The van der Waals surface area contributed by atoms with E-state index in [2.05, 4.69) is 15.0 Å². The number of ether oxygens (including phenoxy) is 1. The SMILES string of the molecule is O=c1c(=O)n2c(nn1C1CCCC1)CO[C@@]1(CCN(Cc3ccccn3)C1)C2. The van der Waals surface area contributed by atoms with Crippen LogP contribution in [0.1, 0.15) is 49.7 Å². The molecule has 5 rings (SSSR count). The van der Waals surface area contributed by atoms with E-state index in [1.165, 1.54) is 4.68 Å². The summed E-state index contributed by atoms with van der Waals surface area (Å²) in [6.45, 7) is 3.04. The maximum Gasteiger partial charge on any atom is 0.332 e. The molecule has 0 unspecified atom stereocenters. The molecule has 1 saturated carbocycles. The molecule has 0 aromatic carbocycles. The number of likely N-dealkylation sites (tertiary alicyclic amines) is 1. The molecule has 0 radical (unpaired) electrons. The summed E-state index contributed by atoms with van der Waals surface area (Å²) in [6, 6.07) is 5.97. The molecule has 0 amide bonds. The van der Waals surface area contributed by atoms with Crippen LogP contribution in [0.25, 0.3) is 0 Å². The Hall–Kier alpha value is -2.32. The average molecular weight is 383 g/mol. The Kier molecular flexibility index (Phi) is 4.40. The van der Waals surface area contributed by atoms with Gasteiger partial charge in [-0.1, -0.05) is 18.9 Å². The van der Waals surface area contributed by atoms with Crippen LogP contribution in [0.3, 0.4) is 0 Å². The van der Waals surface area contributed by atoms with Crippen molar-refractivity contribution in [2.75, 3.05) is 13.1 Å². The van der Waals surface area contributed by atoms with E-state index in [1.54, 1.807) is 10.8 Å². The molecule has 0 N–H and O–H groups in total. The van der Waals surface area contributed by atoms with E-state index >= 15 is 0 Å². The monoisotopic (exact) mass is 383 g/mol. The van der Waals surface area contributed by atoms with Gasteiger partial charge in [-0.15, -0.1) is 0 Å². The Bertz CT molecular complexity index is 980. The molecule has 1 aliphatic carbocycles. The predicted molar refractivity (Wildman–Crippen MR) is 102 cm³/mol. The minimum Gasteiger partial charge on any atom is -0.364 e. The third-order valence-corrected chi connectivity index (χ3v) is 6.30. The Labute approximate surface area is 162 Å². The molecule has 28 heavy (non-hydrogen) atoms. The lowest BCUT2D eigenvalue weighted by molar-refractivity contribution is -0.0861. The van der Waals surface area contributed by atoms with Crippen LogP contribution in [0.15, 0.2) is 34.0 Å². The second kappa shape index (κ2) is 6.93. The number of pyridine rings is 1. The van der Waals surface area contributed by atoms with E-state index < -0.39 is 16.7 Å². The van der Waals surface area contributed by atoms with Crippen molar-refractivity contribution in [2.45, 2.75) is 63.4 Å². The van der Waals surface area contributed by atoms with Crippen molar-refractivity contribution in [1.82, 2.24) is 24.2 Å². The molecule has 3 aliphatic rings. The normalized spacial score (nSPS) is 25.4. The van der Waals surface area contributed by atoms with Crippen LogP contribution in [0.5, 0.6) is 0 Å². The third kappa shape index (κ3) is 3.10. The lowest BCUT2D eigenvalue weighted by Gasteiger charge is -2.35. The fraction of sp³-hybridized carbons (Fsp3) is 0.600. The molecule has 1 spiro atoms. The van der Waals surface area contributed by atoms with E-state index in [9.17, 15) is 9.59 Å². The first-order chi connectivity index (χ1) is 13.6. The van der Waals surface area contributed by atoms with Crippen molar-refractivity contribution in [1.29, 1.82) is 0 Å². The van der Waals surface area contributed by atoms with E-state index in [0.717, 1.165) is 57.4 Å². The zero-order chi connectivity index (χ0) is 19.1. The highest BCUT2D eigenvalue weighted by Crippen LogP contribution is 2.32. The zero-order valence-electron chi connectivity index (χ0n) is 15.9. The van der Waals surface area contributed by atoms with Crippen LogP contribution in [-0.2, 0) is 24.4 Å². The molecule has 8 heteroatoms. The maximum atomic E-state index is 12.8. The standard InChI is InChI=1S/C20H25N5O3/c26-18-19(27)25(16-6-1-2-7-16)22-17-12-28-20(14-24(17)18)8-10-23(13-20)11-15-5-3-4-9-21-15/h3-5,9,16H,1-2,6-8,10-14H2/t20-/m1/s1. The fourth-order valence-corrected chi connectivity index (χ4v) is 4.80. The van der Waals surface area contributed by atoms with Crippen LogP contribution < -0.4 is 11.1 Å². The first kappa shape index (κ1) is 17.8. The zero-order valence-corrected chi connectivity index (χ0v) is 15.9. The van der Waals surface area contributed by atoms with Gasteiger partial charge < -0.3 is 4.74 Å². The van der Waals surface area contributed by atoms with Crippen molar-refractivity contribution in [2.24, 2.45) is 0 Å². The van der Waals surface area contributed by atoms with Gasteiger partial charge in [-0.25, -0.2) is 4.68 Å². The summed E-state index contributed by atoms with van der Waals surface area (Å²) in [4.78, 5) is 32.1. The summed E-state index contributed by atoms with van der Waals surface area (Å²) in [5, 5.41) is 4.52. The Morgan fingerprint density at radius 2 is 2.00 bits per heavy atom. The van der Waals surface area contributed by atoms with E-state index in [-0.39, 0.29) is 12.6 Å². The number of aromatic nitrogens is 4. The van der Waals surface area contributed by atoms with Crippen molar-refractivity contribution >= 4 is 0 Å². The maximum absolute atomic E-state index is 12.8. The third-order valence-electron chi connectivity index (χ3n) is 6.30. The average Bonchev–Trinajstić information content (AvgIpc) is 3.37. The Balaban J connectivity index is 1.37. The first-order valence-electron chi connectivity index (χ1n) is 10.1. The Morgan fingerprint density at radius 1 is 1.14 bits per heavy atom. The first-order valence-corrected chi connectivity index (χ1v) is 10.1. The summed E-state index contributed by atoms with van der Waals surface area (Å²) in [6.07, 6.45) is 6.64. The van der Waals surface area contributed by atoms with Crippen molar-refractivity contribution < 1.29 is 4.74 Å². The van der Waals surface area contributed by atoms with E-state index in [4.69, 9.17) is 4.74 Å². The van der Waals surface area contributed by atoms with Crippen molar-refractivity contribution in [3.63, 3.8) is 0 Å². The molecule has 2 aliphatic heterocycles. The van der Waals surface area contributed by atoms with Gasteiger partial charge in [-0.05, 0) is 31.4 Å². The highest BCUT2D eigenvalue weighted by Gasteiger charge is 2.43. The van der Waals surface area contributed by atoms with Crippen LogP contribution in [0.4, 0.5) is 0 Å². The topological polar surface area (TPSA) is 82.2 Å². The van der Waals surface area contributed by atoms with E-state index in [1.807, 2.05) is 18.2 Å². The molecule has 8 nitrogen and oxygen atoms in total. The minimum absolute atomic E-state index is 0.0577. The van der Waals surface area contributed by atoms with Crippen LogP contribution in [0.2, 0.25) is 0 Å². The number of hydrogen-bond acceptors (Lipinski definition) is 6. The summed E-state index contributed by atoms with van der Waals surface area (Å²) in [5.41, 5.74) is -0.355. The molecule has 148 valence electrons. The molecular formula is C20H25N5O3. The van der Waals surface area contributed by atoms with Crippen LogP contribution in [0, 0.1) is 0 Å².